The van der Waals surface area contributed by atoms with Gasteiger partial charge in [0, 0.05) is 12.0 Å². The average molecular weight is 405 g/mol. The highest BCUT2D eigenvalue weighted by molar-refractivity contribution is 5.79. The highest BCUT2D eigenvalue weighted by atomic mass is 16.5. The first-order chi connectivity index (χ1) is 14.4. The van der Waals surface area contributed by atoms with Crippen LogP contribution in [0.5, 0.6) is 0 Å². The number of carboxylic acids is 1. The van der Waals surface area contributed by atoms with E-state index >= 15 is 0 Å². The lowest BCUT2D eigenvalue weighted by Crippen LogP contribution is -2.64. The van der Waals surface area contributed by atoms with Crippen molar-refractivity contribution < 1.29 is 19.4 Å². The SMILES string of the molecule is CC1(C)[C@@H]2C[C@H](C(=O)O)[C@@H](NC(=O)OCC3c4ccccc4-c4ccccc43)[C@H]1C2. The number of hydrogen-bond acceptors (Lipinski definition) is 3. The Kier molecular flexibility index (Phi) is 4.38. The van der Waals surface area contributed by atoms with Gasteiger partial charge in [0.15, 0.2) is 0 Å². The predicted molar refractivity (Wildman–Crippen MR) is 113 cm³/mol. The third-order valence-electron chi connectivity index (χ3n) is 7.90. The van der Waals surface area contributed by atoms with Crippen LogP contribution in [-0.4, -0.2) is 29.8 Å². The fourth-order valence-electron chi connectivity index (χ4n) is 6.03. The molecule has 2 N–H and O–H groups in total. The molecule has 0 spiro atoms. The van der Waals surface area contributed by atoms with Crippen molar-refractivity contribution in [2.75, 3.05) is 6.61 Å². The van der Waals surface area contributed by atoms with Crippen molar-refractivity contribution in [3.05, 3.63) is 59.7 Å². The van der Waals surface area contributed by atoms with Crippen LogP contribution >= 0.6 is 0 Å². The normalized spacial score (nSPS) is 28.1. The number of aliphatic carboxylic acids is 1. The first kappa shape index (κ1) is 19.2. The molecule has 30 heavy (non-hydrogen) atoms. The molecule has 2 aromatic rings. The first-order valence-electron chi connectivity index (χ1n) is 10.7. The van der Waals surface area contributed by atoms with Crippen molar-refractivity contribution >= 4 is 12.1 Å². The van der Waals surface area contributed by atoms with Gasteiger partial charge in [-0.2, -0.15) is 0 Å². The predicted octanol–water partition coefficient (Wildman–Crippen LogP) is 4.66. The molecule has 5 heteroatoms. The van der Waals surface area contributed by atoms with Gasteiger partial charge in [-0.15, -0.1) is 0 Å². The number of alkyl carbamates (subject to hydrolysis) is 1. The molecule has 0 radical (unpaired) electrons. The summed E-state index contributed by atoms with van der Waals surface area (Å²) in [6.45, 7) is 4.59. The maximum Gasteiger partial charge on any atom is 0.407 e. The Balaban J connectivity index is 1.30. The van der Waals surface area contributed by atoms with Crippen LogP contribution < -0.4 is 5.32 Å². The van der Waals surface area contributed by atoms with E-state index in [0.29, 0.717) is 12.3 Å². The third kappa shape index (κ3) is 2.83. The summed E-state index contributed by atoms with van der Waals surface area (Å²) in [4.78, 5) is 24.5. The summed E-state index contributed by atoms with van der Waals surface area (Å²) in [7, 11) is 0. The summed E-state index contributed by atoms with van der Waals surface area (Å²) >= 11 is 0. The van der Waals surface area contributed by atoms with E-state index in [2.05, 4.69) is 43.4 Å². The Labute approximate surface area is 176 Å². The minimum Gasteiger partial charge on any atom is -0.481 e. The summed E-state index contributed by atoms with van der Waals surface area (Å²) in [5.41, 5.74) is 4.75. The van der Waals surface area contributed by atoms with Gasteiger partial charge in [0.2, 0.25) is 0 Å². The second-order valence-electron chi connectivity index (χ2n) is 9.54. The molecule has 4 aliphatic rings. The van der Waals surface area contributed by atoms with Gasteiger partial charge in [0.05, 0.1) is 5.92 Å². The highest BCUT2D eigenvalue weighted by Gasteiger charge is 2.59. The van der Waals surface area contributed by atoms with Crippen LogP contribution in [0, 0.1) is 23.2 Å². The van der Waals surface area contributed by atoms with E-state index in [9.17, 15) is 14.7 Å². The molecule has 0 unspecified atom stereocenters. The van der Waals surface area contributed by atoms with Gasteiger partial charge in [-0.25, -0.2) is 4.79 Å². The number of carbonyl (C=O) groups is 2. The van der Waals surface area contributed by atoms with Crippen LogP contribution in [0.1, 0.15) is 43.7 Å². The van der Waals surface area contributed by atoms with Gasteiger partial charge < -0.3 is 15.2 Å². The number of amides is 1. The Hall–Kier alpha value is -2.82. The molecule has 0 saturated heterocycles. The van der Waals surface area contributed by atoms with Crippen LogP contribution in [0.3, 0.4) is 0 Å². The number of hydrogen-bond donors (Lipinski definition) is 2. The molecule has 156 valence electrons. The number of fused-ring (bicyclic) bond motifs is 5. The van der Waals surface area contributed by atoms with Crippen molar-refractivity contribution in [1.29, 1.82) is 0 Å². The van der Waals surface area contributed by atoms with Gasteiger partial charge in [0.1, 0.15) is 6.61 Å². The van der Waals surface area contributed by atoms with Crippen molar-refractivity contribution in [1.82, 2.24) is 5.32 Å². The van der Waals surface area contributed by atoms with Gasteiger partial charge in [-0.05, 0) is 52.3 Å². The molecule has 3 fully saturated rings. The lowest BCUT2D eigenvalue weighted by Gasteiger charge is -2.61. The number of nitrogens with one attached hydrogen (secondary N) is 1. The van der Waals surface area contributed by atoms with E-state index in [0.717, 1.165) is 17.5 Å². The van der Waals surface area contributed by atoms with Crippen molar-refractivity contribution in [2.24, 2.45) is 23.2 Å². The van der Waals surface area contributed by atoms with Crippen molar-refractivity contribution in [2.45, 2.75) is 38.6 Å². The topological polar surface area (TPSA) is 75.6 Å². The molecule has 0 heterocycles. The first-order valence-corrected chi connectivity index (χ1v) is 10.7. The molecule has 3 saturated carbocycles. The van der Waals surface area contributed by atoms with Crippen LogP contribution in [0.4, 0.5) is 4.79 Å². The monoisotopic (exact) mass is 405 g/mol. The number of ether oxygens (including phenoxy) is 1. The second-order valence-corrected chi connectivity index (χ2v) is 9.54. The number of benzene rings is 2. The van der Waals surface area contributed by atoms with E-state index < -0.39 is 18.0 Å². The Morgan fingerprint density at radius 3 is 2.20 bits per heavy atom. The van der Waals surface area contributed by atoms with Crippen LogP contribution in [0.25, 0.3) is 11.1 Å². The number of rotatable bonds is 4. The fraction of sp³-hybridized carbons (Fsp3) is 0.440. The van der Waals surface area contributed by atoms with Gasteiger partial charge in [-0.3, -0.25) is 4.79 Å². The molecule has 0 aromatic heterocycles. The molecule has 1 amide bonds. The van der Waals surface area contributed by atoms with Crippen LogP contribution in [-0.2, 0) is 9.53 Å². The average Bonchev–Trinajstić information content (AvgIpc) is 3.05. The van der Waals surface area contributed by atoms with Crippen molar-refractivity contribution in [3.8, 4) is 11.1 Å². The summed E-state index contributed by atoms with van der Waals surface area (Å²) in [6.07, 6.45) is 1.08. The third-order valence-corrected chi connectivity index (χ3v) is 7.90. The quantitative estimate of drug-likeness (QED) is 0.776. The highest BCUT2D eigenvalue weighted by Crippen LogP contribution is 2.60. The van der Waals surface area contributed by atoms with E-state index in [1.54, 1.807) is 0 Å². The minimum atomic E-state index is -0.829. The molecule has 2 bridgehead atoms. The fourth-order valence-corrected chi connectivity index (χ4v) is 6.03. The zero-order valence-corrected chi connectivity index (χ0v) is 17.3. The zero-order chi connectivity index (χ0) is 21.0. The lowest BCUT2D eigenvalue weighted by molar-refractivity contribution is -0.161. The van der Waals surface area contributed by atoms with Gasteiger partial charge >= 0.3 is 12.1 Å². The molecule has 5 nitrogen and oxygen atoms in total. The van der Waals surface area contributed by atoms with Gasteiger partial charge in [-0.1, -0.05) is 62.4 Å². The molecular formula is C25H27NO4. The van der Waals surface area contributed by atoms with Crippen LogP contribution in [0.15, 0.2) is 48.5 Å². The van der Waals surface area contributed by atoms with E-state index in [-0.39, 0.29) is 29.9 Å². The Bertz CT molecular complexity index is 968. The molecular weight excluding hydrogens is 378 g/mol. The molecule has 4 aliphatic carbocycles. The standard InChI is InChI=1S/C25H27NO4/c1-25(2)14-11-19(23(27)28)22(21(25)12-14)26-24(29)30-13-20-17-9-5-3-7-15(17)16-8-4-6-10-18(16)20/h3-10,14,19-22H,11-13H2,1-2H3,(H,26,29)(H,27,28)/t14-,19+,21-,22-/m1/s1. The molecule has 2 aromatic carbocycles. The van der Waals surface area contributed by atoms with Gasteiger partial charge in [0.25, 0.3) is 0 Å². The smallest absolute Gasteiger partial charge is 0.407 e. The maximum absolute atomic E-state index is 12.7. The van der Waals surface area contributed by atoms with Crippen LogP contribution in [0.2, 0.25) is 0 Å². The number of carbonyl (C=O) groups excluding carboxylic acids is 1. The number of carboxylic acid groups (broad SMARTS) is 1. The molecule has 4 atom stereocenters. The molecule has 0 aliphatic heterocycles. The van der Waals surface area contributed by atoms with E-state index in [1.165, 1.54) is 11.1 Å². The zero-order valence-electron chi connectivity index (χ0n) is 17.3. The largest absolute Gasteiger partial charge is 0.481 e. The van der Waals surface area contributed by atoms with E-state index in [4.69, 9.17) is 4.74 Å². The second kappa shape index (κ2) is 6.86. The summed E-state index contributed by atoms with van der Waals surface area (Å²) in [5.74, 6) is -0.775. The van der Waals surface area contributed by atoms with E-state index in [1.807, 2.05) is 24.3 Å². The lowest BCUT2D eigenvalue weighted by atomic mass is 9.45. The maximum atomic E-state index is 12.7. The summed E-state index contributed by atoms with van der Waals surface area (Å²) in [6, 6.07) is 16.0. The summed E-state index contributed by atoms with van der Waals surface area (Å²) < 4.78 is 5.66. The van der Waals surface area contributed by atoms with Crippen molar-refractivity contribution in [3.63, 3.8) is 0 Å². The molecule has 6 rings (SSSR count). The minimum absolute atomic E-state index is 0.00528. The summed E-state index contributed by atoms with van der Waals surface area (Å²) in [5, 5.41) is 12.6. The Morgan fingerprint density at radius 1 is 1.03 bits per heavy atom. The Morgan fingerprint density at radius 2 is 1.63 bits per heavy atom.